The van der Waals surface area contributed by atoms with Crippen molar-refractivity contribution in [1.29, 1.82) is 0 Å². The van der Waals surface area contributed by atoms with E-state index in [-0.39, 0.29) is 0 Å². The second-order valence-electron chi connectivity index (χ2n) is 12.8. The highest BCUT2D eigenvalue weighted by Crippen LogP contribution is 2.51. The molecule has 0 radical (unpaired) electrons. The van der Waals surface area contributed by atoms with Crippen molar-refractivity contribution in [2.75, 3.05) is 0 Å². The van der Waals surface area contributed by atoms with Gasteiger partial charge in [-0.15, -0.1) is 22.7 Å². The summed E-state index contributed by atoms with van der Waals surface area (Å²) in [5.74, 6) is 0.395. The molecule has 2 heterocycles. The van der Waals surface area contributed by atoms with Crippen LogP contribution in [0.3, 0.4) is 0 Å². The van der Waals surface area contributed by atoms with E-state index >= 15 is 0 Å². The molecule has 0 aliphatic heterocycles. The maximum absolute atomic E-state index is 2.56. The molecule has 46 heavy (non-hydrogen) atoms. The molecule has 1 aliphatic rings. The smallest absolute Gasteiger partial charge is 0.0364 e. The van der Waals surface area contributed by atoms with E-state index in [1.807, 2.05) is 22.7 Å². The van der Waals surface area contributed by atoms with Gasteiger partial charge in [0.1, 0.15) is 0 Å². The van der Waals surface area contributed by atoms with Gasteiger partial charge in [-0.3, -0.25) is 0 Å². The molecule has 0 amide bonds. The Labute approximate surface area is 276 Å². The monoisotopic (exact) mass is 622 g/mol. The van der Waals surface area contributed by atoms with Crippen LogP contribution in [0.1, 0.15) is 29.0 Å². The SMILES string of the molecule is c1ccc(CCC(Cc2ccc3sc4ccccc4c3c2)c2cc3c4c(c2)sc2ccc5cccc(c5c24)-c2ccccc2-3)cc1. The molecule has 0 saturated heterocycles. The normalized spacial score (nSPS) is 13.0. The lowest BCUT2D eigenvalue weighted by Crippen LogP contribution is -2.06. The molecule has 0 saturated carbocycles. The summed E-state index contributed by atoms with van der Waals surface area (Å²) in [4.78, 5) is 0. The van der Waals surface area contributed by atoms with Gasteiger partial charge in [-0.25, -0.2) is 0 Å². The molecule has 9 aromatic rings. The van der Waals surface area contributed by atoms with Crippen LogP contribution in [0.5, 0.6) is 0 Å². The summed E-state index contributed by atoms with van der Waals surface area (Å²) in [6, 6.07) is 52.7. The van der Waals surface area contributed by atoms with E-state index < -0.39 is 0 Å². The Kier molecular flexibility index (Phi) is 5.97. The lowest BCUT2D eigenvalue weighted by molar-refractivity contribution is 0.622. The van der Waals surface area contributed by atoms with E-state index in [1.54, 1.807) is 0 Å². The van der Waals surface area contributed by atoms with Crippen LogP contribution in [0.25, 0.3) is 73.4 Å². The van der Waals surface area contributed by atoms with Crippen molar-refractivity contribution < 1.29 is 0 Å². The standard InChI is InChI=1S/C44H30S2/c1-2-9-27(10-3-1)17-19-30(23-28-18-21-39-36(24-28)34-14-6-7-16-38(34)45-39)31-25-37-33-13-5-4-12-32(33)35-15-8-11-29-20-22-40-44(42(29)35)43(37)41(26-31)46-40/h1-16,18,20-22,24-26,30H,17,19,23H2. The molecule has 1 aliphatic carbocycles. The summed E-state index contributed by atoms with van der Waals surface area (Å²) in [5, 5.41) is 8.36. The molecule has 2 aromatic heterocycles. The number of hydrogen-bond donors (Lipinski definition) is 0. The first-order chi connectivity index (χ1) is 22.8. The van der Waals surface area contributed by atoms with Gasteiger partial charge < -0.3 is 0 Å². The zero-order valence-electron chi connectivity index (χ0n) is 25.3. The summed E-state index contributed by atoms with van der Waals surface area (Å²) >= 11 is 3.87. The first-order valence-corrected chi connectivity index (χ1v) is 17.9. The molecule has 0 spiro atoms. The van der Waals surface area contributed by atoms with Crippen molar-refractivity contribution in [3.63, 3.8) is 0 Å². The molecule has 7 aromatic carbocycles. The van der Waals surface area contributed by atoms with Gasteiger partial charge >= 0.3 is 0 Å². The highest BCUT2D eigenvalue weighted by atomic mass is 32.1. The maximum Gasteiger partial charge on any atom is 0.0364 e. The summed E-state index contributed by atoms with van der Waals surface area (Å²) in [7, 11) is 0. The van der Waals surface area contributed by atoms with Crippen molar-refractivity contribution >= 4 is 73.8 Å². The summed E-state index contributed by atoms with van der Waals surface area (Å²) in [6.07, 6.45) is 3.20. The lowest BCUT2D eigenvalue weighted by atomic mass is 9.84. The molecule has 2 heteroatoms. The Balaban J connectivity index is 1.17. The Hall–Kier alpha value is -4.76. The van der Waals surface area contributed by atoms with Gasteiger partial charge in [-0.1, -0.05) is 109 Å². The van der Waals surface area contributed by atoms with Crippen LogP contribution < -0.4 is 0 Å². The number of hydrogen-bond acceptors (Lipinski definition) is 2. The fourth-order valence-electron chi connectivity index (χ4n) is 7.97. The number of aryl methyl sites for hydroxylation is 1. The van der Waals surface area contributed by atoms with E-state index in [0.29, 0.717) is 5.92 Å². The minimum Gasteiger partial charge on any atom is -0.135 e. The van der Waals surface area contributed by atoms with Gasteiger partial charge in [-0.2, -0.15) is 0 Å². The molecule has 0 N–H and O–H groups in total. The van der Waals surface area contributed by atoms with Crippen molar-refractivity contribution in [2.24, 2.45) is 0 Å². The van der Waals surface area contributed by atoms with Crippen LogP contribution >= 0.6 is 22.7 Å². The van der Waals surface area contributed by atoms with E-state index in [4.69, 9.17) is 0 Å². The van der Waals surface area contributed by atoms with Crippen molar-refractivity contribution in [2.45, 2.75) is 25.2 Å². The first kappa shape index (κ1) is 26.5. The lowest BCUT2D eigenvalue weighted by Gasteiger charge is -2.20. The van der Waals surface area contributed by atoms with E-state index in [2.05, 4.69) is 140 Å². The largest absolute Gasteiger partial charge is 0.135 e. The quantitative estimate of drug-likeness (QED) is 0.173. The van der Waals surface area contributed by atoms with Gasteiger partial charge in [0.25, 0.3) is 0 Å². The molecule has 218 valence electrons. The summed E-state index contributed by atoms with van der Waals surface area (Å²) in [5.41, 5.74) is 9.73. The molecule has 1 atom stereocenters. The third-order valence-electron chi connectivity index (χ3n) is 10.1. The van der Waals surface area contributed by atoms with Crippen molar-refractivity contribution in [1.82, 2.24) is 0 Å². The second kappa shape index (κ2) is 10.4. The van der Waals surface area contributed by atoms with Crippen LogP contribution in [0.2, 0.25) is 0 Å². The topological polar surface area (TPSA) is 0 Å². The second-order valence-corrected chi connectivity index (χ2v) is 15.0. The van der Waals surface area contributed by atoms with Gasteiger partial charge in [0, 0.05) is 40.3 Å². The fourth-order valence-corrected chi connectivity index (χ4v) is 10.2. The Morgan fingerprint density at radius 3 is 2.09 bits per heavy atom. The van der Waals surface area contributed by atoms with Crippen LogP contribution in [0.4, 0.5) is 0 Å². The first-order valence-electron chi connectivity index (χ1n) is 16.2. The van der Waals surface area contributed by atoms with E-state index in [0.717, 1.165) is 19.3 Å². The van der Waals surface area contributed by atoms with Crippen LogP contribution in [-0.4, -0.2) is 0 Å². The number of thiophene rings is 2. The predicted molar refractivity (Wildman–Crippen MR) is 202 cm³/mol. The summed E-state index contributed by atoms with van der Waals surface area (Å²) in [6.45, 7) is 0. The maximum atomic E-state index is 2.56. The van der Waals surface area contributed by atoms with Crippen molar-refractivity contribution in [3.05, 3.63) is 156 Å². The number of benzene rings is 7. The van der Waals surface area contributed by atoms with E-state index in [9.17, 15) is 0 Å². The molecule has 0 fully saturated rings. The molecule has 10 rings (SSSR count). The molecular formula is C44H30S2. The highest BCUT2D eigenvalue weighted by Gasteiger charge is 2.25. The zero-order valence-corrected chi connectivity index (χ0v) is 26.9. The average molecular weight is 623 g/mol. The fraction of sp³-hybridized carbons (Fsp3) is 0.0909. The Bertz CT molecular complexity index is 2620. The average Bonchev–Trinajstić information content (AvgIpc) is 3.64. The van der Waals surface area contributed by atoms with Gasteiger partial charge in [0.05, 0.1) is 0 Å². The predicted octanol–water partition coefficient (Wildman–Crippen LogP) is 13.2. The number of fused-ring (bicyclic) bond motifs is 6. The van der Waals surface area contributed by atoms with Crippen LogP contribution in [-0.2, 0) is 12.8 Å². The third-order valence-corrected chi connectivity index (χ3v) is 12.4. The van der Waals surface area contributed by atoms with Gasteiger partial charge in [0.2, 0.25) is 0 Å². The highest BCUT2D eigenvalue weighted by molar-refractivity contribution is 7.26. The minimum absolute atomic E-state index is 0.395. The van der Waals surface area contributed by atoms with Gasteiger partial charge in [0.15, 0.2) is 0 Å². The van der Waals surface area contributed by atoms with Gasteiger partial charge in [-0.05, 0) is 105 Å². The minimum atomic E-state index is 0.395. The molecular weight excluding hydrogens is 593 g/mol. The van der Waals surface area contributed by atoms with E-state index in [1.165, 1.54) is 90.1 Å². The van der Waals surface area contributed by atoms with Crippen LogP contribution in [0.15, 0.2) is 140 Å². The number of rotatable bonds is 6. The Morgan fingerprint density at radius 2 is 1.17 bits per heavy atom. The van der Waals surface area contributed by atoms with Crippen molar-refractivity contribution in [3.8, 4) is 22.3 Å². The molecule has 1 unspecified atom stereocenters. The molecule has 0 bridgehead atoms. The third kappa shape index (κ3) is 4.10. The molecule has 0 nitrogen and oxygen atoms in total. The zero-order chi connectivity index (χ0) is 30.2. The Morgan fingerprint density at radius 1 is 0.435 bits per heavy atom. The van der Waals surface area contributed by atoms with Crippen LogP contribution in [0, 0.1) is 0 Å². The summed E-state index contributed by atoms with van der Waals surface area (Å²) < 4.78 is 5.54.